The van der Waals surface area contributed by atoms with Crippen molar-refractivity contribution in [1.82, 2.24) is 10.2 Å². The van der Waals surface area contributed by atoms with Crippen LogP contribution >= 0.6 is 0 Å². The van der Waals surface area contributed by atoms with Crippen LogP contribution in [0.1, 0.15) is 31.7 Å². The van der Waals surface area contributed by atoms with Crippen molar-refractivity contribution in [3.05, 3.63) is 66.2 Å². The predicted octanol–water partition coefficient (Wildman–Crippen LogP) is 3.29. The summed E-state index contributed by atoms with van der Waals surface area (Å²) in [5.74, 6) is -0.694. The van der Waals surface area contributed by atoms with Crippen LogP contribution in [-0.4, -0.2) is 36.3 Å². The largest absolute Gasteiger partial charge is 0.325 e. The number of nitrogens with one attached hydrogen (secondary N) is 1. The van der Waals surface area contributed by atoms with Crippen molar-refractivity contribution in [2.45, 2.75) is 31.7 Å². The molecule has 2 aromatic carbocycles. The summed E-state index contributed by atoms with van der Waals surface area (Å²) in [5.41, 5.74) is 0.341. The standard InChI is InChI=1S/C22H25N3O3/c1-3-4-15-22(17-11-7-5-8-12-17)20(27)25(21(28)23-22)16-19(26)24(2)18-13-9-6-10-14-18/h5-14H,3-4,15-16H2,1-2H3,(H,23,28). The number of carbonyl (C=O) groups is 3. The average Bonchev–Trinajstić information content (AvgIpc) is 2.98. The number of nitrogens with zero attached hydrogens (tertiary/aromatic N) is 2. The normalized spacial score (nSPS) is 18.9. The first-order valence-electron chi connectivity index (χ1n) is 9.51. The molecule has 146 valence electrons. The second-order valence-corrected chi connectivity index (χ2v) is 6.98. The van der Waals surface area contributed by atoms with Gasteiger partial charge in [0.15, 0.2) is 0 Å². The minimum atomic E-state index is -1.11. The van der Waals surface area contributed by atoms with Crippen LogP contribution in [0.2, 0.25) is 0 Å². The quantitative estimate of drug-likeness (QED) is 0.751. The van der Waals surface area contributed by atoms with E-state index in [1.165, 1.54) is 4.90 Å². The molecule has 4 amide bonds. The topological polar surface area (TPSA) is 69.7 Å². The Morgan fingerprint density at radius 2 is 1.64 bits per heavy atom. The first kappa shape index (κ1) is 19.6. The molecule has 6 heteroatoms. The Morgan fingerprint density at radius 3 is 2.25 bits per heavy atom. The Balaban J connectivity index is 1.84. The van der Waals surface area contributed by atoms with E-state index in [-0.39, 0.29) is 18.4 Å². The molecule has 1 heterocycles. The lowest BCUT2D eigenvalue weighted by atomic mass is 9.85. The van der Waals surface area contributed by atoms with Gasteiger partial charge in [0.2, 0.25) is 5.91 Å². The Bertz CT molecular complexity index is 854. The fourth-order valence-electron chi connectivity index (χ4n) is 3.48. The first-order chi connectivity index (χ1) is 13.5. The molecule has 0 aliphatic carbocycles. The van der Waals surface area contributed by atoms with Gasteiger partial charge in [-0.3, -0.25) is 14.5 Å². The number of para-hydroxylation sites is 1. The fraction of sp³-hybridized carbons (Fsp3) is 0.318. The van der Waals surface area contributed by atoms with Crippen LogP contribution in [0.4, 0.5) is 10.5 Å². The predicted molar refractivity (Wildman–Crippen MR) is 108 cm³/mol. The molecule has 3 rings (SSSR count). The Labute approximate surface area is 165 Å². The number of carbonyl (C=O) groups excluding carboxylic acids is 3. The number of rotatable bonds is 7. The molecule has 0 spiro atoms. The Kier molecular flexibility index (Phi) is 5.78. The maximum atomic E-state index is 13.3. The third kappa shape index (κ3) is 3.63. The molecule has 6 nitrogen and oxygen atoms in total. The highest BCUT2D eigenvalue weighted by Crippen LogP contribution is 2.34. The number of amides is 4. The highest BCUT2D eigenvalue weighted by Gasteiger charge is 2.52. The molecule has 2 aromatic rings. The molecule has 1 atom stereocenters. The molecular formula is C22H25N3O3. The van der Waals surface area contributed by atoms with E-state index in [0.29, 0.717) is 12.1 Å². The van der Waals surface area contributed by atoms with E-state index >= 15 is 0 Å². The van der Waals surface area contributed by atoms with Crippen LogP contribution < -0.4 is 10.2 Å². The van der Waals surface area contributed by atoms with E-state index in [1.54, 1.807) is 19.2 Å². The highest BCUT2D eigenvalue weighted by molar-refractivity contribution is 6.10. The molecule has 1 fully saturated rings. The van der Waals surface area contributed by atoms with Crippen molar-refractivity contribution >= 4 is 23.5 Å². The van der Waals surface area contributed by atoms with Gasteiger partial charge in [-0.1, -0.05) is 68.3 Å². The van der Waals surface area contributed by atoms with Crippen LogP contribution in [0, 0.1) is 0 Å². The van der Waals surface area contributed by atoms with Crippen LogP contribution in [0.5, 0.6) is 0 Å². The van der Waals surface area contributed by atoms with E-state index in [2.05, 4.69) is 5.32 Å². The number of likely N-dealkylation sites (N-methyl/N-ethyl adjacent to an activating group) is 1. The van der Waals surface area contributed by atoms with Crippen LogP contribution in [0.3, 0.4) is 0 Å². The van der Waals surface area contributed by atoms with E-state index < -0.39 is 11.6 Å². The smallest absolute Gasteiger partial charge is 0.319 e. The van der Waals surface area contributed by atoms with Gasteiger partial charge in [-0.15, -0.1) is 0 Å². The maximum absolute atomic E-state index is 13.3. The Hall–Kier alpha value is -3.15. The Morgan fingerprint density at radius 1 is 1.04 bits per heavy atom. The van der Waals surface area contributed by atoms with Crippen molar-refractivity contribution in [2.24, 2.45) is 0 Å². The van der Waals surface area contributed by atoms with Gasteiger partial charge in [0.25, 0.3) is 5.91 Å². The zero-order valence-corrected chi connectivity index (χ0v) is 16.2. The van der Waals surface area contributed by atoms with Gasteiger partial charge in [0, 0.05) is 12.7 Å². The van der Waals surface area contributed by atoms with Crippen LogP contribution in [0.15, 0.2) is 60.7 Å². The summed E-state index contributed by atoms with van der Waals surface area (Å²) in [6, 6.07) is 17.9. The summed E-state index contributed by atoms with van der Waals surface area (Å²) < 4.78 is 0. The summed E-state index contributed by atoms with van der Waals surface area (Å²) in [6.45, 7) is 1.74. The molecule has 0 bridgehead atoms. The molecule has 1 N–H and O–H groups in total. The van der Waals surface area contributed by atoms with E-state index in [4.69, 9.17) is 0 Å². The van der Waals surface area contributed by atoms with Gasteiger partial charge in [-0.05, 0) is 24.1 Å². The number of urea groups is 1. The summed E-state index contributed by atoms with van der Waals surface area (Å²) in [6.07, 6.45) is 2.18. The van der Waals surface area contributed by atoms with Gasteiger partial charge in [0.1, 0.15) is 12.1 Å². The van der Waals surface area contributed by atoms with Crippen molar-refractivity contribution in [3.8, 4) is 0 Å². The van der Waals surface area contributed by atoms with Crippen molar-refractivity contribution in [2.75, 3.05) is 18.5 Å². The van der Waals surface area contributed by atoms with Crippen LogP contribution in [-0.2, 0) is 15.1 Å². The maximum Gasteiger partial charge on any atom is 0.325 e. The third-order valence-corrected chi connectivity index (χ3v) is 5.16. The number of hydrogen-bond acceptors (Lipinski definition) is 3. The molecule has 0 saturated carbocycles. The minimum absolute atomic E-state index is 0.295. The molecule has 0 radical (unpaired) electrons. The zero-order chi connectivity index (χ0) is 20.1. The van der Waals surface area contributed by atoms with Crippen molar-refractivity contribution < 1.29 is 14.4 Å². The van der Waals surface area contributed by atoms with Gasteiger partial charge in [-0.2, -0.15) is 0 Å². The van der Waals surface area contributed by atoms with Gasteiger partial charge >= 0.3 is 6.03 Å². The number of hydrogen-bond donors (Lipinski definition) is 1. The molecule has 1 aliphatic heterocycles. The van der Waals surface area contributed by atoms with Crippen molar-refractivity contribution in [3.63, 3.8) is 0 Å². The second-order valence-electron chi connectivity index (χ2n) is 6.98. The molecule has 1 unspecified atom stereocenters. The van der Waals surface area contributed by atoms with E-state index in [1.807, 2.05) is 55.5 Å². The van der Waals surface area contributed by atoms with Gasteiger partial charge in [-0.25, -0.2) is 4.79 Å². The first-order valence-corrected chi connectivity index (χ1v) is 9.51. The van der Waals surface area contributed by atoms with E-state index in [0.717, 1.165) is 23.3 Å². The molecule has 1 aliphatic rings. The van der Waals surface area contributed by atoms with E-state index in [9.17, 15) is 14.4 Å². The summed E-state index contributed by atoms with van der Waals surface area (Å²) >= 11 is 0. The summed E-state index contributed by atoms with van der Waals surface area (Å²) in [5, 5.41) is 2.87. The van der Waals surface area contributed by atoms with Crippen LogP contribution in [0.25, 0.3) is 0 Å². The fourth-order valence-corrected chi connectivity index (χ4v) is 3.48. The van der Waals surface area contributed by atoms with Gasteiger partial charge in [0.05, 0.1) is 0 Å². The summed E-state index contributed by atoms with van der Waals surface area (Å²) in [7, 11) is 1.64. The zero-order valence-electron chi connectivity index (χ0n) is 16.2. The van der Waals surface area contributed by atoms with Crippen molar-refractivity contribution in [1.29, 1.82) is 0 Å². The minimum Gasteiger partial charge on any atom is -0.319 e. The molecular weight excluding hydrogens is 354 g/mol. The lowest BCUT2D eigenvalue weighted by Crippen LogP contribution is -2.45. The average molecular weight is 379 g/mol. The number of unbranched alkanes of at least 4 members (excludes halogenated alkanes) is 1. The number of anilines is 1. The lowest BCUT2D eigenvalue weighted by molar-refractivity contribution is -0.134. The molecule has 28 heavy (non-hydrogen) atoms. The lowest BCUT2D eigenvalue weighted by Gasteiger charge is -2.27. The number of imide groups is 1. The highest BCUT2D eigenvalue weighted by atomic mass is 16.2. The summed E-state index contributed by atoms with van der Waals surface area (Å²) in [4.78, 5) is 41.2. The second kappa shape index (κ2) is 8.25. The number of benzene rings is 2. The molecule has 0 aromatic heterocycles. The monoisotopic (exact) mass is 379 g/mol. The third-order valence-electron chi connectivity index (χ3n) is 5.16. The molecule has 1 saturated heterocycles. The SMILES string of the molecule is CCCCC1(c2ccccc2)NC(=O)N(CC(=O)N(C)c2ccccc2)C1=O. The van der Waals surface area contributed by atoms with Gasteiger partial charge < -0.3 is 10.2 Å².